The third-order valence-electron chi connectivity index (χ3n) is 5.92. The summed E-state index contributed by atoms with van der Waals surface area (Å²) in [7, 11) is 3.27. The first-order valence-corrected chi connectivity index (χ1v) is 12.0. The summed E-state index contributed by atoms with van der Waals surface area (Å²) < 4.78 is 10.8. The second kappa shape index (κ2) is 12.4. The lowest BCUT2D eigenvalue weighted by Crippen LogP contribution is -2.38. The Kier molecular flexibility index (Phi) is 9.30. The van der Waals surface area contributed by atoms with Crippen LogP contribution in [0.2, 0.25) is 0 Å². The van der Waals surface area contributed by atoms with E-state index >= 15 is 0 Å². The summed E-state index contributed by atoms with van der Waals surface area (Å²) in [6.45, 7) is 8.41. The molecule has 1 heterocycles. The van der Waals surface area contributed by atoms with Crippen molar-refractivity contribution in [2.45, 2.75) is 26.8 Å². The molecule has 0 aliphatic carbocycles. The van der Waals surface area contributed by atoms with Gasteiger partial charge in [0.2, 0.25) is 0 Å². The van der Waals surface area contributed by atoms with Crippen LogP contribution in [0.5, 0.6) is 11.5 Å². The topological polar surface area (TPSA) is 69.8 Å². The van der Waals surface area contributed by atoms with Gasteiger partial charge >= 0.3 is 0 Å². The highest BCUT2D eigenvalue weighted by Gasteiger charge is 2.16. The monoisotopic (exact) mass is 482 g/mol. The fourth-order valence-electron chi connectivity index (χ4n) is 3.90. The Morgan fingerprint density at radius 3 is 2.50 bits per heavy atom. The number of methoxy groups -OCH3 is 2. The summed E-state index contributed by atoms with van der Waals surface area (Å²) in [4.78, 5) is 20.3. The zero-order chi connectivity index (χ0) is 24.5. The van der Waals surface area contributed by atoms with Crippen molar-refractivity contribution in [1.82, 2.24) is 14.8 Å². The predicted octanol–water partition coefficient (Wildman–Crippen LogP) is 4.48. The number of hydrogen-bond donors (Lipinski definition) is 2. The van der Waals surface area contributed by atoms with Crippen molar-refractivity contribution in [3.05, 3.63) is 64.4 Å². The molecule has 7 nitrogen and oxygen atoms in total. The van der Waals surface area contributed by atoms with Crippen LogP contribution < -0.4 is 20.3 Å². The molecule has 1 aromatic heterocycles. The number of nitrogens with one attached hydrogen (secondary N) is 2. The van der Waals surface area contributed by atoms with Crippen LogP contribution in [-0.2, 0) is 6.54 Å². The van der Waals surface area contributed by atoms with Gasteiger partial charge in [-0.3, -0.25) is 4.79 Å². The molecular formula is C26H34N4O3S. The van der Waals surface area contributed by atoms with Crippen molar-refractivity contribution in [1.29, 1.82) is 0 Å². The standard InChI is InChI=1S/C26H34N4O3S/c1-5-29(6-2)14-9-15-30(26(34)28-23-10-7-8-11-24(23)33-4)18-20-16-19-17-21(32-3)12-13-22(19)27-25(20)31/h7-8,10-13,16-17H,5-6,9,14-15,18H2,1-4H3,(H,27,31)(H,28,34). The summed E-state index contributed by atoms with van der Waals surface area (Å²) in [6.07, 6.45) is 0.925. The van der Waals surface area contributed by atoms with Crippen molar-refractivity contribution in [2.75, 3.05) is 45.7 Å². The molecule has 0 aliphatic rings. The van der Waals surface area contributed by atoms with Gasteiger partial charge in [-0.1, -0.05) is 26.0 Å². The maximum absolute atomic E-state index is 12.9. The van der Waals surface area contributed by atoms with Gasteiger partial charge in [0.15, 0.2) is 5.11 Å². The minimum atomic E-state index is -0.119. The molecule has 8 heteroatoms. The van der Waals surface area contributed by atoms with E-state index in [0.717, 1.165) is 48.4 Å². The van der Waals surface area contributed by atoms with Crippen LogP contribution in [0.25, 0.3) is 10.9 Å². The van der Waals surface area contributed by atoms with E-state index in [1.165, 1.54) is 0 Å². The quantitative estimate of drug-likeness (QED) is 0.391. The molecule has 0 amide bonds. The highest BCUT2D eigenvalue weighted by molar-refractivity contribution is 7.80. The van der Waals surface area contributed by atoms with Crippen LogP contribution in [0, 0.1) is 0 Å². The average molecular weight is 483 g/mol. The molecule has 0 atom stereocenters. The first-order chi connectivity index (χ1) is 16.5. The number of para-hydroxylation sites is 2. The second-order valence-electron chi connectivity index (χ2n) is 8.01. The van der Waals surface area contributed by atoms with Gasteiger partial charge in [0.05, 0.1) is 26.5 Å². The SMILES string of the molecule is CCN(CC)CCCN(Cc1cc2cc(OC)ccc2[nH]c1=O)C(=S)Nc1ccccc1OC. The van der Waals surface area contributed by atoms with Crippen LogP contribution in [0.15, 0.2) is 53.3 Å². The van der Waals surface area contributed by atoms with Crippen molar-refractivity contribution in [3.63, 3.8) is 0 Å². The summed E-state index contributed by atoms with van der Waals surface area (Å²) in [6, 6.07) is 15.2. The normalized spacial score (nSPS) is 11.0. The first kappa shape index (κ1) is 25.5. The van der Waals surface area contributed by atoms with Gasteiger partial charge in [-0.2, -0.15) is 0 Å². The number of H-pyrrole nitrogens is 1. The molecule has 34 heavy (non-hydrogen) atoms. The summed E-state index contributed by atoms with van der Waals surface area (Å²) in [5.41, 5.74) is 2.09. The minimum Gasteiger partial charge on any atom is -0.497 e. The number of benzene rings is 2. The van der Waals surface area contributed by atoms with E-state index < -0.39 is 0 Å². The van der Waals surface area contributed by atoms with Crippen LogP contribution in [0.3, 0.4) is 0 Å². The van der Waals surface area contributed by atoms with Crippen molar-refractivity contribution < 1.29 is 9.47 Å². The number of nitrogens with zero attached hydrogens (tertiary/aromatic N) is 2. The summed E-state index contributed by atoms with van der Waals surface area (Å²) in [5.74, 6) is 1.46. The Hall–Kier alpha value is -3.10. The Balaban J connectivity index is 1.85. The molecule has 0 fully saturated rings. The van der Waals surface area contributed by atoms with E-state index in [1.54, 1.807) is 14.2 Å². The summed E-state index contributed by atoms with van der Waals surface area (Å²) in [5, 5.41) is 4.78. The zero-order valence-corrected chi connectivity index (χ0v) is 21.2. The van der Waals surface area contributed by atoms with E-state index in [2.05, 4.69) is 29.0 Å². The molecule has 0 aliphatic heterocycles. The molecule has 0 bridgehead atoms. The first-order valence-electron chi connectivity index (χ1n) is 11.6. The van der Waals surface area contributed by atoms with Gasteiger partial charge < -0.3 is 29.6 Å². The molecular weight excluding hydrogens is 448 g/mol. The molecule has 3 aromatic rings. The molecule has 3 rings (SSSR count). The lowest BCUT2D eigenvalue weighted by molar-refractivity contribution is 0.281. The third-order valence-corrected chi connectivity index (χ3v) is 6.28. The highest BCUT2D eigenvalue weighted by Crippen LogP contribution is 2.24. The number of aromatic amines is 1. The molecule has 0 spiro atoms. The Morgan fingerprint density at radius 1 is 1.03 bits per heavy atom. The third kappa shape index (κ3) is 6.48. The van der Waals surface area contributed by atoms with Crippen molar-refractivity contribution in [2.24, 2.45) is 0 Å². The van der Waals surface area contributed by atoms with Gasteiger partial charge in [-0.05, 0) is 74.7 Å². The van der Waals surface area contributed by atoms with Gasteiger partial charge in [0, 0.05) is 23.0 Å². The molecule has 0 unspecified atom stereocenters. The van der Waals surface area contributed by atoms with E-state index in [1.807, 2.05) is 53.4 Å². The highest BCUT2D eigenvalue weighted by atomic mass is 32.1. The fourth-order valence-corrected chi connectivity index (χ4v) is 4.17. The number of aromatic nitrogens is 1. The molecule has 182 valence electrons. The van der Waals surface area contributed by atoms with Gasteiger partial charge in [-0.15, -0.1) is 0 Å². The van der Waals surface area contributed by atoms with Crippen LogP contribution in [-0.4, -0.2) is 60.3 Å². The van der Waals surface area contributed by atoms with E-state index in [9.17, 15) is 4.79 Å². The number of ether oxygens (including phenoxy) is 2. The molecule has 2 aromatic carbocycles. The molecule has 0 saturated carbocycles. The zero-order valence-electron chi connectivity index (χ0n) is 20.4. The van der Waals surface area contributed by atoms with E-state index in [-0.39, 0.29) is 5.56 Å². The molecule has 0 saturated heterocycles. The number of hydrogen-bond acceptors (Lipinski definition) is 5. The fraction of sp³-hybridized carbons (Fsp3) is 0.385. The van der Waals surface area contributed by atoms with Crippen LogP contribution >= 0.6 is 12.2 Å². The van der Waals surface area contributed by atoms with E-state index in [4.69, 9.17) is 21.7 Å². The molecule has 2 N–H and O–H groups in total. The minimum absolute atomic E-state index is 0.119. The van der Waals surface area contributed by atoms with Gasteiger partial charge in [0.25, 0.3) is 5.56 Å². The second-order valence-corrected chi connectivity index (χ2v) is 8.40. The van der Waals surface area contributed by atoms with Crippen LogP contribution in [0.1, 0.15) is 25.8 Å². The number of pyridine rings is 1. The maximum atomic E-state index is 12.9. The van der Waals surface area contributed by atoms with Crippen LogP contribution in [0.4, 0.5) is 5.69 Å². The summed E-state index contributed by atoms with van der Waals surface area (Å²) >= 11 is 5.79. The lowest BCUT2D eigenvalue weighted by atomic mass is 10.1. The molecule has 0 radical (unpaired) electrons. The van der Waals surface area contributed by atoms with Gasteiger partial charge in [0.1, 0.15) is 11.5 Å². The van der Waals surface area contributed by atoms with E-state index in [0.29, 0.717) is 29.5 Å². The number of thiocarbonyl (C=S) groups is 1. The smallest absolute Gasteiger partial charge is 0.253 e. The number of rotatable bonds is 11. The Morgan fingerprint density at radius 2 is 1.79 bits per heavy atom. The largest absolute Gasteiger partial charge is 0.497 e. The Bertz CT molecular complexity index is 1160. The number of fused-ring (bicyclic) bond motifs is 1. The average Bonchev–Trinajstić information content (AvgIpc) is 2.86. The predicted molar refractivity (Wildman–Crippen MR) is 143 cm³/mol. The number of anilines is 1. The maximum Gasteiger partial charge on any atom is 0.253 e. The van der Waals surface area contributed by atoms with Crippen molar-refractivity contribution in [3.8, 4) is 11.5 Å². The Labute approximate surface area is 206 Å². The van der Waals surface area contributed by atoms with Crippen molar-refractivity contribution >= 4 is 33.9 Å². The lowest BCUT2D eigenvalue weighted by Gasteiger charge is -2.27. The van der Waals surface area contributed by atoms with Gasteiger partial charge in [-0.25, -0.2) is 0 Å².